The Morgan fingerprint density at radius 2 is 1.62 bits per heavy atom. The third kappa shape index (κ3) is 5.27. The first kappa shape index (κ1) is 29.0. The molecular weight excluding hydrogens is 550 g/mol. The number of nitrogens with zero attached hydrogens (tertiary/aromatic N) is 1. The summed E-state index contributed by atoms with van der Waals surface area (Å²) >= 11 is 2.41. The minimum atomic E-state index is -1.33. The van der Waals surface area contributed by atoms with E-state index in [0.29, 0.717) is 5.56 Å². The zero-order chi connectivity index (χ0) is 29.0. The Labute approximate surface area is 232 Å². The van der Waals surface area contributed by atoms with Gasteiger partial charge in [-0.1, -0.05) is 12.1 Å². The molecular formula is C24H31N5O8S2. The number of hydrogen-bond acceptors (Lipinski definition) is 10. The van der Waals surface area contributed by atoms with Gasteiger partial charge in [0.05, 0.1) is 5.37 Å². The van der Waals surface area contributed by atoms with Crippen LogP contribution in [0.5, 0.6) is 5.75 Å². The van der Waals surface area contributed by atoms with E-state index in [4.69, 9.17) is 5.73 Å². The first-order valence-corrected chi connectivity index (χ1v) is 13.9. The number of amides is 3. The molecule has 13 nitrogen and oxygen atoms in total. The van der Waals surface area contributed by atoms with E-state index in [0.717, 1.165) is 11.8 Å². The number of thioether (sulfide) groups is 2. The van der Waals surface area contributed by atoms with Gasteiger partial charge in [-0.15, -0.1) is 23.5 Å². The predicted molar refractivity (Wildman–Crippen MR) is 143 cm³/mol. The van der Waals surface area contributed by atoms with Crippen molar-refractivity contribution in [2.24, 2.45) is 5.73 Å². The first-order valence-electron chi connectivity index (χ1n) is 12.1. The number of phenols is 1. The van der Waals surface area contributed by atoms with Crippen molar-refractivity contribution in [3.8, 4) is 5.75 Å². The smallest absolute Gasteiger partial charge is 0.327 e. The summed E-state index contributed by atoms with van der Waals surface area (Å²) in [6.07, 6.45) is 0. The molecule has 1 aromatic rings. The number of carbonyl (C=O) groups excluding carboxylic acids is 3. The van der Waals surface area contributed by atoms with Gasteiger partial charge >= 0.3 is 11.9 Å². The van der Waals surface area contributed by atoms with E-state index in [1.165, 1.54) is 40.9 Å². The van der Waals surface area contributed by atoms with Crippen LogP contribution >= 0.6 is 23.5 Å². The third-order valence-electron chi connectivity index (χ3n) is 7.09. The Kier molecular flexibility index (Phi) is 7.57. The summed E-state index contributed by atoms with van der Waals surface area (Å²) in [6, 6.07) is -0.0123. The maximum absolute atomic E-state index is 13.6. The fraction of sp³-hybridized carbons (Fsp3) is 0.542. The highest BCUT2D eigenvalue weighted by molar-refractivity contribution is 8.02. The summed E-state index contributed by atoms with van der Waals surface area (Å²) in [5.74, 6) is -4.33. The second-order valence-corrected chi connectivity index (χ2v) is 14.3. The average Bonchev–Trinajstić information content (AvgIpc) is 3.30. The molecule has 3 fully saturated rings. The number of β-lactam (4-membered cyclic amide) rings is 1. The Balaban J connectivity index is 1.55. The lowest BCUT2D eigenvalue weighted by Crippen LogP contribution is -2.72. The van der Waals surface area contributed by atoms with Crippen LogP contribution in [0.1, 0.15) is 39.3 Å². The van der Waals surface area contributed by atoms with Gasteiger partial charge in [-0.25, -0.2) is 4.79 Å². The van der Waals surface area contributed by atoms with Crippen LogP contribution in [0.25, 0.3) is 0 Å². The second kappa shape index (κ2) is 10.2. The lowest BCUT2D eigenvalue weighted by molar-refractivity contribution is -0.161. The van der Waals surface area contributed by atoms with Crippen LogP contribution in [0.4, 0.5) is 0 Å². The molecule has 3 aliphatic heterocycles. The number of fused-ring (bicyclic) bond motifs is 1. The van der Waals surface area contributed by atoms with Crippen LogP contribution in [-0.2, 0) is 24.0 Å². The maximum Gasteiger partial charge on any atom is 0.327 e. The number of rotatable bonds is 8. The van der Waals surface area contributed by atoms with Crippen LogP contribution in [0.15, 0.2) is 24.3 Å². The molecule has 15 heteroatoms. The van der Waals surface area contributed by atoms with Crippen LogP contribution in [0, 0.1) is 0 Å². The minimum absolute atomic E-state index is 0.0191. The molecule has 3 saturated heterocycles. The van der Waals surface area contributed by atoms with Crippen LogP contribution in [0.2, 0.25) is 0 Å². The standard InChI is InChI=1S/C24H31N5O8S2/c1-23(2)14(21(34)35)28-18(38-23)12(26-16(31)11(25)9-5-7-10(30)8-6-9)17(32)27-13-19(33)29-15(22(36)37)24(3,4)39-20(13)29/h5-8,11-15,18,20,28,30H,25H2,1-4H3,(H,26,31)(H,27,32)(H,34,35)(H,36,37)/t11-,12?,13?,14+,15+,18?,20?/m1/s1. The monoisotopic (exact) mass is 581 g/mol. The lowest BCUT2D eigenvalue weighted by atomic mass is 9.96. The topological polar surface area (TPSA) is 211 Å². The number of carboxylic acids is 2. The van der Waals surface area contributed by atoms with Crippen molar-refractivity contribution in [1.29, 1.82) is 0 Å². The number of aliphatic carboxylic acids is 2. The zero-order valence-corrected chi connectivity index (χ0v) is 23.2. The molecule has 3 heterocycles. The molecule has 8 N–H and O–H groups in total. The number of aromatic hydroxyl groups is 1. The normalized spacial score (nSPS) is 30.0. The highest BCUT2D eigenvalue weighted by atomic mass is 32.2. The van der Waals surface area contributed by atoms with E-state index in [2.05, 4.69) is 16.0 Å². The van der Waals surface area contributed by atoms with Gasteiger partial charge in [0.25, 0.3) is 0 Å². The van der Waals surface area contributed by atoms with Gasteiger partial charge in [0.2, 0.25) is 17.7 Å². The van der Waals surface area contributed by atoms with E-state index in [1.54, 1.807) is 27.7 Å². The molecule has 0 radical (unpaired) electrons. The quantitative estimate of drug-likeness (QED) is 0.192. The van der Waals surface area contributed by atoms with E-state index >= 15 is 0 Å². The van der Waals surface area contributed by atoms with E-state index < -0.39 is 80.1 Å². The molecule has 3 amide bonds. The third-order valence-corrected chi connectivity index (χ3v) is 10.2. The molecule has 4 unspecified atom stereocenters. The van der Waals surface area contributed by atoms with Gasteiger partial charge in [-0.2, -0.15) is 0 Å². The molecule has 1 aromatic carbocycles. The molecule has 39 heavy (non-hydrogen) atoms. The molecule has 4 rings (SSSR count). The summed E-state index contributed by atoms with van der Waals surface area (Å²) in [4.78, 5) is 64.5. The number of nitrogens with one attached hydrogen (secondary N) is 3. The van der Waals surface area contributed by atoms with Gasteiger partial charge in [0.15, 0.2) is 0 Å². The first-order chi connectivity index (χ1) is 18.0. The molecule has 0 spiro atoms. The zero-order valence-electron chi connectivity index (χ0n) is 21.6. The van der Waals surface area contributed by atoms with Crippen molar-refractivity contribution < 1.29 is 39.3 Å². The number of carbonyl (C=O) groups is 5. The minimum Gasteiger partial charge on any atom is -0.508 e. The molecule has 0 bridgehead atoms. The number of hydrogen-bond donors (Lipinski definition) is 7. The van der Waals surface area contributed by atoms with E-state index in [9.17, 15) is 39.3 Å². The predicted octanol–water partition coefficient (Wildman–Crippen LogP) is -0.597. The van der Waals surface area contributed by atoms with Crippen molar-refractivity contribution >= 4 is 53.2 Å². The summed E-state index contributed by atoms with van der Waals surface area (Å²) in [6.45, 7) is 6.81. The molecule has 0 saturated carbocycles. The summed E-state index contributed by atoms with van der Waals surface area (Å²) in [5, 5.41) is 35.5. The van der Waals surface area contributed by atoms with Gasteiger partial charge < -0.3 is 36.6 Å². The fourth-order valence-electron chi connectivity index (χ4n) is 5.07. The number of carboxylic acid groups (broad SMARTS) is 2. The molecule has 0 aliphatic carbocycles. The Morgan fingerprint density at radius 1 is 1.00 bits per heavy atom. The van der Waals surface area contributed by atoms with Gasteiger partial charge in [0, 0.05) is 9.49 Å². The molecule has 3 aliphatic rings. The van der Waals surface area contributed by atoms with Crippen molar-refractivity contribution in [1.82, 2.24) is 20.9 Å². The molecule has 212 valence electrons. The molecule has 0 aromatic heterocycles. The van der Waals surface area contributed by atoms with Crippen LogP contribution < -0.4 is 21.7 Å². The number of benzene rings is 1. The lowest BCUT2D eigenvalue weighted by Gasteiger charge is -2.44. The van der Waals surface area contributed by atoms with Gasteiger partial charge in [-0.05, 0) is 45.4 Å². The summed E-state index contributed by atoms with van der Waals surface area (Å²) < 4.78 is -1.64. The Hall–Kier alpha value is -3.01. The summed E-state index contributed by atoms with van der Waals surface area (Å²) in [5.41, 5.74) is 6.47. The molecule has 7 atom stereocenters. The maximum atomic E-state index is 13.6. The number of nitrogens with two attached hydrogens (primary N) is 1. The van der Waals surface area contributed by atoms with Crippen molar-refractivity contribution in [2.75, 3.05) is 0 Å². The SMILES string of the molecule is CC1(C)SC2C(NC(=O)C(NC(=O)[C@H](N)c3ccc(O)cc3)C3N[C@@H](C(=O)O)C(C)(C)S3)C(=O)N2[C@H]1C(=O)O. The van der Waals surface area contributed by atoms with E-state index in [-0.39, 0.29) is 5.75 Å². The van der Waals surface area contributed by atoms with E-state index in [1.807, 2.05) is 0 Å². The van der Waals surface area contributed by atoms with Gasteiger partial charge in [-0.3, -0.25) is 24.5 Å². The Morgan fingerprint density at radius 3 is 2.15 bits per heavy atom. The van der Waals surface area contributed by atoms with Crippen LogP contribution in [0.3, 0.4) is 0 Å². The van der Waals surface area contributed by atoms with Crippen molar-refractivity contribution in [2.45, 2.75) is 78.1 Å². The van der Waals surface area contributed by atoms with Crippen LogP contribution in [-0.4, -0.2) is 94.3 Å². The highest BCUT2D eigenvalue weighted by Gasteiger charge is 2.64. The largest absolute Gasteiger partial charge is 0.508 e. The average molecular weight is 582 g/mol. The summed E-state index contributed by atoms with van der Waals surface area (Å²) in [7, 11) is 0. The van der Waals surface area contributed by atoms with Gasteiger partial charge in [0.1, 0.15) is 41.3 Å². The highest BCUT2D eigenvalue weighted by Crippen LogP contribution is 2.51. The van der Waals surface area contributed by atoms with Crippen molar-refractivity contribution in [3.05, 3.63) is 29.8 Å². The second-order valence-electron chi connectivity index (χ2n) is 10.7. The van der Waals surface area contributed by atoms with Crippen molar-refractivity contribution in [3.63, 3.8) is 0 Å². The number of phenolic OH excluding ortho intramolecular Hbond substituents is 1. The Bertz CT molecular complexity index is 1210. The fourth-order valence-corrected chi connectivity index (χ4v) is 8.19.